The monoisotopic (exact) mass is 387 g/mol. The van der Waals surface area contributed by atoms with Gasteiger partial charge in [0.15, 0.2) is 0 Å². The summed E-state index contributed by atoms with van der Waals surface area (Å²) in [5, 5.41) is 2.49. The van der Waals surface area contributed by atoms with Crippen LogP contribution in [0.3, 0.4) is 0 Å². The molecule has 1 N–H and O–H groups in total. The maximum absolute atomic E-state index is 11.5. The number of ether oxygens (including phenoxy) is 3. The first-order valence-electron chi connectivity index (χ1n) is 7.27. The van der Waals surface area contributed by atoms with E-state index in [2.05, 4.69) is 21.2 Å². The standard InChI is InChI=1S/C16H22BrNO5/c1-16(2,3)23-15(20)18-9-8-14(19)22-11-10-21-13-6-4-12(17)5-7-13/h4-7H,8-11H2,1-3H3,(H,18,20). The van der Waals surface area contributed by atoms with Crippen molar-refractivity contribution in [3.8, 4) is 5.75 Å². The van der Waals surface area contributed by atoms with E-state index in [1.807, 2.05) is 24.3 Å². The van der Waals surface area contributed by atoms with Crippen molar-refractivity contribution in [1.29, 1.82) is 0 Å². The van der Waals surface area contributed by atoms with Crippen molar-refractivity contribution in [2.75, 3.05) is 19.8 Å². The maximum atomic E-state index is 11.5. The second-order valence-electron chi connectivity index (χ2n) is 5.70. The molecule has 0 saturated heterocycles. The van der Waals surface area contributed by atoms with Gasteiger partial charge in [-0.2, -0.15) is 0 Å². The molecular weight excluding hydrogens is 366 g/mol. The first-order chi connectivity index (χ1) is 10.8. The van der Waals surface area contributed by atoms with Crippen LogP contribution in [-0.2, 0) is 14.3 Å². The lowest BCUT2D eigenvalue weighted by atomic mass is 10.2. The van der Waals surface area contributed by atoms with Gasteiger partial charge < -0.3 is 19.5 Å². The Balaban J connectivity index is 2.08. The van der Waals surface area contributed by atoms with Crippen LogP contribution in [0, 0.1) is 0 Å². The van der Waals surface area contributed by atoms with E-state index in [-0.39, 0.29) is 26.2 Å². The second-order valence-corrected chi connectivity index (χ2v) is 6.62. The number of benzene rings is 1. The predicted octanol–water partition coefficient (Wildman–Crippen LogP) is 3.29. The highest BCUT2D eigenvalue weighted by molar-refractivity contribution is 9.10. The van der Waals surface area contributed by atoms with Gasteiger partial charge >= 0.3 is 12.1 Å². The number of carbonyl (C=O) groups is 2. The van der Waals surface area contributed by atoms with Crippen LogP contribution in [0.15, 0.2) is 28.7 Å². The molecule has 1 amide bonds. The van der Waals surface area contributed by atoms with Crippen LogP contribution in [0.2, 0.25) is 0 Å². The molecule has 0 unspecified atom stereocenters. The molecular formula is C16H22BrNO5. The molecule has 0 heterocycles. The molecule has 1 aromatic carbocycles. The predicted molar refractivity (Wildman–Crippen MR) is 89.4 cm³/mol. The van der Waals surface area contributed by atoms with Gasteiger partial charge in [-0.25, -0.2) is 4.79 Å². The largest absolute Gasteiger partial charge is 0.490 e. The number of esters is 1. The molecule has 0 radical (unpaired) electrons. The molecule has 0 aliphatic heterocycles. The van der Waals surface area contributed by atoms with Crippen molar-refractivity contribution >= 4 is 28.0 Å². The number of halogens is 1. The number of rotatable bonds is 7. The van der Waals surface area contributed by atoms with Crippen molar-refractivity contribution < 1.29 is 23.8 Å². The second kappa shape index (κ2) is 9.39. The van der Waals surface area contributed by atoms with Crippen LogP contribution < -0.4 is 10.1 Å². The smallest absolute Gasteiger partial charge is 0.407 e. The Morgan fingerprint density at radius 3 is 2.39 bits per heavy atom. The topological polar surface area (TPSA) is 73.9 Å². The number of hydrogen-bond acceptors (Lipinski definition) is 5. The molecule has 6 nitrogen and oxygen atoms in total. The fourth-order valence-electron chi connectivity index (χ4n) is 1.50. The molecule has 0 bridgehead atoms. The van der Waals surface area contributed by atoms with E-state index in [1.165, 1.54) is 0 Å². The summed E-state index contributed by atoms with van der Waals surface area (Å²) >= 11 is 3.33. The average molecular weight is 388 g/mol. The quantitative estimate of drug-likeness (QED) is 0.573. The fourth-order valence-corrected chi connectivity index (χ4v) is 1.76. The normalized spacial score (nSPS) is 10.8. The van der Waals surface area contributed by atoms with Gasteiger partial charge in [-0.15, -0.1) is 0 Å². The summed E-state index contributed by atoms with van der Waals surface area (Å²) in [6.45, 7) is 5.90. The number of amides is 1. The Hall–Kier alpha value is -1.76. The third-order valence-corrected chi connectivity index (χ3v) is 2.95. The van der Waals surface area contributed by atoms with E-state index in [9.17, 15) is 9.59 Å². The van der Waals surface area contributed by atoms with Gasteiger partial charge in [0.05, 0.1) is 6.42 Å². The third-order valence-electron chi connectivity index (χ3n) is 2.43. The van der Waals surface area contributed by atoms with Crippen LogP contribution in [0.1, 0.15) is 27.2 Å². The SMILES string of the molecule is CC(C)(C)OC(=O)NCCC(=O)OCCOc1ccc(Br)cc1. The highest BCUT2D eigenvalue weighted by atomic mass is 79.9. The average Bonchev–Trinajstić information content (AvgIpc) is 2.43. The van der Waals surface area contributed by atoms with Crippen molar-refractivity contribution in [3.05, 3.63) is 28.7 Å². The highest BCUT2D eigenvalue weighted by Gasteiger charge is 2.15. The Bertz CT molecular complexity index is 510. The minimum absolute atomic E-state index is 0.0809. The van der Waals surface area contributed by atoms with E-state index in [4.69, 9.17) is 14.2 Å². The van der Waals surface area contributed by atoms with Crippen LogP contribution >= 0.6 is 15.9 Å². The van der Waals surface area contributed by atoms with Gasteiger partial charge in [0.25, 0.3) is 0 Å². The summed E-state index contributed by atoms with van der Waals surface area (Å²) in [6, 6.07) is 7.36. The molecule has 0 fully saturated rings. The van der Waals surface area contributed by atoms with Crippen LogP contribution in [0.5, 0.6) is 5.75 Å². The van der Waals surface area contributed by atoms with Gasteiger partial charge in [-0.05, 0) is 45.0 Å². The highest BCUT2D eigenvalue weighted by Crippen LogP contribution is 2.15. The van der Waals surface area contributed by atoms with Crippen LogP contribution in [-0.4, -0.2) is 37.4 Å². The molecule has 0 aliphatic rings. The molecule has 0 spiro atoms. The van der Waals surface area contributed by atoms with Crippen molar-refractivity contribution in [1.82, 2.24) is 5.32 Å². The summed E-state index contributed by atoms with van der Waals surface area (Å²) in [6.07, 6.45) is -0.471. The van der Waals surface area contributed by atoms with E-state index in [1.54, 1.807) is 20.8 Å². The van der Waals surface area contributed by atoms with Crippen LogP contribution in [0.25, 0.3) is 0 Å². The summed E-state index contributed by atoms with van der Waals surface area (Å²) in [7, 11) is 0. The van der Waals surface area contributed by atoms with E-state index < -0.39 is 17.7 Å². The number of carbonyl (C=O) groups excluding carboxylic acids is 2. The Morgan fingerprint density at radius 1 is 1.13 bits per heavy atom. The fraction of sp³-hybridized carbons (Fsp3) is 0.500. The Morgan fingerprint density at radius 2 is 1.78 bits per heavy atom. The van der Waals surface area contributed by atoms with E-state index in [0.29, 0.717) is 5.75 Å². The first kappa shape index (κ1) is 19.3. The van der Waals surface area contributed by atoms with Gasteiger partial charge in [0, 0.05) is 11.0 Å². The van der Waals surface area contributed by atoms with Crippen molar-refractivity contribution in [2.24, 2.45) is 0 Å². The molecule has 1 aromatic rings. The number of hydrogen-bond donors (Lipinski definition) is 1. The summed E-state index contributed by atoms with van der Waals surface area (Å²) in [5.41, 5.74) is -0.561. The minimum atomic E-state index is -0.561. The molecule has 7 heteroatoms. The molecule has 23 heavy (non-hydrogen) atoms. The van der Waals surface area contributed by atoms with E-state index in [0.717, 1.165) is 4.47 Å². The van der Waals surface area contributed by atoms with Crippen LogP contribution in [0.4, 0.5) is 4.79 Å². The number of nitrogens with one attached hydrogen (secondary N) is 1. The first-order valence-corrected chi connectivity index (χ1v) is 8.06. The zero-order valence-electron chi connectivity index (χ0n) is 13.6. The molecule has 128 valence electrons. The molecule has 0 saturated carbocycles. The molecule has 0 aliphatic carbocycles. The summed E-state index contributed by atoms with van der Waals surface area (Å²) in [5.74, 6) is 0.302. The van der Waals surface area contributed by atoms with Gasteiger partial charge in [0.2, 0.25) is 0 Å². The number of alkyl carbamates (subject to hydrolysis) is 1. The third kappa shape index (κ3) is 9.78. The minimum Gasteiger partial charge on any atom is -0.490 e. The Kier molecular flexibility index (Phi) is 7.88. The van der Waals surface area contributed by atoms with Crippen molar-refractivity contribution in [2.45, 2.75) is 32.8 Å². The lowest BCUT2D eigenvalue weighted by Gasteiger charge is -2.19. The lowest BCUT2D eigenvalue weighted by molar-refractivity contribution is -0.144. The molecule has 0 atom stereocenters. The van der Waals surface area contributed by atoms with E-state index >= 15 is 0 Å². The van der Waals surface area contributed by atoms with Crippen molar-refractivity contribution in [3.63, 3.8) is 0 Å². The zero-order chi connectivity index (χ0) is 17.3. The lowest BCUT2D eigenvalue weighted by Crippen LogP contribution is -2.33. The Labute approximate surface area is 144 Å². The zero-order valence-corrected chi connectivity index (χ0v) is 15.1. The van der Waals surface area contributed by atoms with Gasteiger partial charge in [-0.1, -0.05) is 15.9 Å². The summed E-state index contributed by atoms with van der Waals surface area (Å²) in [4.78, 5) is 22.9. The maximum Gasteiger partial charge on any atom is 0.407 e. The molecule has 1 rings (SSSR count). The van der Waals surface area contributed by atoms with Gasteiger partial charge in [-0.3, -0.25) is 4.79 Å². The molecule has 0 aromatic heterocycles. The summed E-state index contributed by atoms with van der Waals surface area (Å²) < 4.78 is 16.4. The van der Waals surface area contributed by atoms with Gasteiger partial charge in [0.1, 0.15) is 24.6 Å².